The summed E-state index contributed by atoms with van der Waals surface area (Å²) in [7, 11) is 0. The summed E-state index contributed by atoms with van der Waals surface area (Å²) in [6, 6.07) is 0.287. The van der Waals surface area contributed by atoms with Crippen LogP contribution in [-0.2, 0) is 4.79 Å². The van der Waals surface area contributed by atoms with Crippen LogP contribution in [-0.4, -0.2) is 49.6 Å². The largest absolute Gasteiger partial charge is 0.352 e. The number of likely N-dealkylation sites (tertiary alicyclic amines) is 1. The van der Waals surface area contributed by atoms with E-state index in [0.717, 1.165) is 26.1 Å². The monoisotopic (exact) mass is 267 g/mol. The maximum atomic E-state index is 11.9. The number of amides is 1. The van der Waals surface area contributed by atoms with Crippen LogP contribution >= 0.6 is 0 Å². The molecule has 2 N–H and O–H groups in total. The van der Waals surface area contributed by atoms with Crippen molar-refractivity contribution in [3.05, 3.63) is 0 Å². The Morgan fingerprint density at radius 2 is 2.16 bits per heavy atom. The first-order chi connectivity index (χ1) is 9.24. The van der Waals surface area contributed by atoms with E-state index in [1.54, 1.807) is 0 Å². The Morgan fingerprint density at radius 1 is 1.37 bits per heavy atom. The van der Waals surface area contributed by atoms with E-state index in [-0.39, 0.29) is 11.9 Å². The van der Waals surface area contributed by atoms with E-state index in [1.165, 1.54) is 38.8 Å². The van der Waals surface area contributed by atoms with Crippen molar-refractivity contribution < 1.29 is 4.79 Å². The zero-order valence-electron chi connectivity index (χ0n) is 12.3. The summed E-state index contributed by atoms with van der Waals surface area (Å²) in [5.41, 5.74) is 0. The third-order valence-electron chi connectivity index (χ3n) is 4.32. The molecule has 110 valence electrons. The molecule has 4 nitrogen and oxygen atoms in total. The highest BCUT2D eigenvalue weighted by Crippen LogP contribution is 2.15. The Balaban J connectivity index is 1.57. The fraction of sp³-hybridized carbons (Fsp3) is 0.933. The van der Waals surface area contributed by atoms with Crippen LogP contribution in [0.1, 0.15) is 45.4 Å². The van der Waals surface area contributed by atoms with Crippen LogP contribution in [0.25, 0.3) is 0 Å². The highest BCUT2D eigenvalue weighted by molar-refractivity contribution is 5.76. The van der Waals surface area contributed by atoms with Gasteiger partial charge < -0.3 is 15.5 Å². The van der Waals surface area contributed by atoms with Crippen molar-refractivity contribution in [2.75, 3.05) is 32.7 Å². The summed E-state index contributed by atoms with van der Waals surface area (Å²) in [5.74, 6) is 0.936. The Bertz CT molecular complexity index is 271. The van der Waals surface area contributed by atoms with Gasteiger partial charge in [0.2, 0.25) is 5.91 Å². The third kappa shape index (κ3) is 5.49. The van der Waals surface area contributed by atoms with E-state index in [4.69, 9.17) is 0 Å². The molecule has 0 bridgehead atoms. The topological polar surface area (TPSA) is 44.4 Å². The number of nitrogens with one attached hydrogen (secondary N) is 2. The second-order valence-electron chi connectivity index (χ2n) is 6.23. The molecule has 2 rings (SSSR count). The van der Waals surface area contributed by atoms with Gasteiger partial charge in [-0.25, -0.2) is 0 Å². The number of carbonyl (C=O) groups is 1. The number of piperidine rings is 1. The van der Waals surface area contributed by atoms with E-state index in [2.05, 4.69) is 22.5 Å². The summed E-state index contributed by atoms with van der Waals surface area (Å²) in [4.78, 5) is 14.4. The van der Waals surface area contributed by atoms with Gasteiger partial charge in [0.05, 0.1) is 0 Å². The maximum absolute atomic E-state index is 11.9. The van der Waals surface area contributed by atoms with Crippen molar-refractivity contribution in [3.8, 4) is 0 Å². The van der Waals surface area contributed by atoms with Crippen molar-refractivity contribution in [1.29, 1.82) is 0 Å². The summed E-state index contributed by atoms with van der Waals surface area (Å²) >= 11 is 0. The van der Waals surface area contributed by atoms with Gasteiger partial charge in [-0.3, -0.25) is 4.79 Å². The zero-order chi connectivity index (χ0) is 13.5. The smallest absolute Gasteiger partial charge is 0.220 e. The van der Waals surface area contributed by atoms with Crippen LogP contribution in [0.4, 0.5) is 0 Å². The van der Waals surface area contributed by atoms with Crippen molar-refractivity contribution in [1.82, 2.24) is 15.5 Å². The average molecular weight is 267 g/mol. The van der Waals surface area contributed by atoms with Gasteiger partial charge in [0, 0.05) is 19.0 Å². The number of carbonyl (C=O) groups excluding carboxylic acids is 1. The molecule has 0 aromatic carbocycles. The lowest BCUT2D eigenvalue weighted by Crippen LogP contribution is -2.41. The summed E-state index contributed by atoms with van der Waals surface area (Å²) in [6.07, 6.45) is 6.90. The Labute approximate surface area is 117 Å². The highest BCUT2D eigenvalue weighted by atomic mass is 16.1. The van der Waals surface area contributed by atoms with Crippen LogP contribution in [0.15, 0.2) is 0 Å². The lowest BCUT2D eigenvalue weighted by molar-refractivity contribution is -0.122. The number of rotatable bonds is 6. The molecule has 2 fully saturated rings. The molecule has 1 amide bonds. The lowest BCUT2D eigenvalue weighted by Gasteiger charge is -2.24. The molecule has 2 unspecified atom stereocenters. The van der Waals surface area contributed by atoms with Gasteiger partial charge in [0.15, 0.2) is 0 Å². The first-order valence-electron chi connectivity index (χ1n) is 7.96. The molecule has 4 heteroatoms. The Hall–Kier alpha value is -0.610. The van der Waals surface area contributed by atoms with Crippen molar-refractivity contribution >= 4 is 5.91 Å². The van der Waals surface area contributed by atoms with Gasteiger partial charge in [-0.1, -0.05) is 0 Å². The molecule has 2 saturated heterocycles. The summed E-state index contributed by atoms with van der Waals surface area (Å²) in [6.45, 7) is 7.78. The average Bonchev–Trinajstić information content (AvgIpc) is 2.90. The standard InChI is InChI=1S/C15H29N3O/c1-13(12-18-9-2-3-10-18)17-15(19)7-6-14-5-4-8-16-11-14/h13-14,16H,2-12H2,1H3,(H,17,19). The van der Waals surface area contributed by atoms with Gasteiger partial charge in [-0.05, 0) is 71.1 Å². The van der Waals surface area contributed by atoms with Crippen molar-refractivity contribution in [3.63, 3.8) is 0 Å². The minimum atomic E-state index is 0.234. The number of nitrogens with zero attached hydrogens (tertiary/aromatic N) is 1. The Kier molecular flexibility index (Phi) is 6.11. The molecule has 0 aromatic heterocycles. The minimum Gasteiger partial charge on any atom is -0.352 e. The zero-order valence-corrected chi connectivity index (χ0v) is 12.3. The van der Waals surface area contributed by atoms with Gasteiger partial charge in [-0.2, -0.15) is 0 Å². The first-order valence-corrected chi connectivity index (χ1v) is 7.96. The van der Waals surface area contributed by atoms with E-state index < -0.39 is 0 Å². The second-order valence-corrected chi connectivity index (χ2v) is 6.23. The van der Waals surface area contributed by atoms with Gasteiger partial charge >= 0.3 is 0 Å². The molecular weight excluding hydrogens is 238 g/mol. The molecule has 0 spiro atoms. The predicted octanol–water partition coefficient (Wildman–Crippen LogP) is 1.37. The fourth-order valence-electron chi connectivity index (χ4n) is 3.25. The van der Waals surface area contributed by atoms with Crippen LogP contribution in [0.2, 0.25) is 0 Å². The first kappa shape index (κ1) is 14.8. The van der Waals surface area contributed by atoms with Crippen LogP contribution in [0, 0.1) is 5.92 Å². The normalized spacial score (nSPS) is 26.3. The molecule has 0 aromatic rings. The summed E-state index contributed by atoms with van der Waals surface area (Å²) < 4.78 is 0. The third-order valence-corrected chi connectivity index (χ3v) is 4.32. The molecule has 2 aliphatic rings. The van der Waals surface area contributed by atoms with E-state index >= 15 is 0 Å². The fourth-order valence-corrected chi connectivity index (χ4v) is 3.25. The second kappa shape index (κ2) is 7.85. The minimum absolute atomic E-state index is 0.234. The molecule has 0 saturated carbocycles. The van der Waals surface area contributed by atoms with Crippen molar-refractivity contribution in [2.45, 2.75) is 51.5 Å². The van der Waals surface area contributed by atoms with Crippen molar-refractivity contribution in [2.24, 2.45) is 5.92 Å². The maximum Gasteiger partial charge on any atom is 0.220 e. The number of hydrogen-bond acceptors (Lipinski definition) is 3. The van der Waals surface area contributed by atoms with Crippen LogP contribution < -0.4 is 10.6 Å². The molecule has 19 heavy (non-hydrogen) atoms. The van der Waals surface area contributed by atoms with E-state index in [9.17, 15) is 4.79 Å². The van der Waals surface area contributed by atoms with E-state index in [0.29, 0.717) is 12.3 Å². The van der Waals surface area contributed by atoms with Gasteiger partial charge in [0.25, 0.3) is 0 Å². The van der Waals surface area contributed by atoms with Gasteiger partial charge in [0.1, 0.15) is 0 Å². The molecule has 2 aliphatic heterocycles. The van der Waals surface area contributed by atoms with E-state index in [1.807, 2.05) is 0 Å². The molecule has 2 heterocycles. The quantitative estimate of drug-likeness (QED) is 0.764. The van der Waals surface area contributed by atoms with Crippen LogP contribution in [0.5, 0.6) is 0 Å². The summed E-state index contributed by atoms with van der Waals surface area (Å²) in [5, 5.41) is 6.55. The molecular formula is C15H29N3O. The van der Waals surface area contributed by atoms with Gasteiger partial charge in [-0.15, -0.1) is 0 Å². The molecule has 0 radical (unpaired) electrons. The molecule has 2 atom stereocenters. The number of hydrogen-bond donors (Lipinski definition) is 2. The van der Waals surface area contributed by atoms with Crippen LogP contribution in [0.3, 0.4) is 0 Å². The lowest BCUT2D eigenvalue weighted by atomic mass is 9.94. The Morgan fingerprint density at radius 3 is 2.84 bits per heavy atom. The SMILES string of the molecule is CC(CN1CCCC1)NC(=O)CCC1CCCNC1. The molecule has 0 aliphatic carbocycles. The highest BCUT2D eigenvalue weighted by Gasteiger charge is 2.17. The predicted molar refractivity (Wildman–Crippen MR) is 78.1 cm³/mol.